The van der Waals surface area contributed by atoms with Gasteiger partial charge in [-0.3, -0.25) is 0 Å². The van der Waals surface area contributed by atoms with Crippen molar-refractivity contribution in [2.45, 2.75) is 13.8 Å². The number of hydrogen-bond donors (Lipinski definition) is 0. The topological polar surface area (TPSA) is 39.2 Å². The van der Waals surface area contributed by atoms with Crippen molar-refractivity contribution in [3.05, 3.63) is 93.5 Å². The third-order valence-electron chi connectivity index (χ3n) is 4.63. The van der Waals surface area contributed by atoms with E-state index in [-0.39, 0.29) is 0 Å². The first-order valence-corrected chi connectivity index (χ1v) is 9.82. The van der Waals surface area contributed by atoms with Gasteiger partial charge >= 0.3 is 5.97 Å². The van der Waals surface area contributed by atoms with Gasteiger partial charge < -0.3 is 4.74 Å². The summed E-state index contributed by atoms with van der Waals surface area (Å²) in [7, 11) is 0. The molecule has 0 bridgehead atoms. The number of rotatable bonds is 3. The van der Waals surface area contributed by atoms with Crippen molar-refractivity contribution in [1.29, 1.82) is 0 Å². The van der Waals surface area contributed by atoms with Gasteiger partial charge in [0.2, 0.25) is 0 Å². The van der Waals surface area contributed by atoms with Crippen molar-refractivity contribution in [3.8, 4) is 17.0 Å². The van der Waals surface area contributed by atoms with Crippen LogP contribution >= 0.6 is 23.2 Å². The fourth-order valence-corrected chi connectivity index (χ4v) is 3.84. The number of ether oxygens (including phenoxy) is 1. The zero-order valence-corrected chi connectivity index (χ0v) is 17.4. The molecule has 29 heavy (non-hydrogen) atoms. The summed E-state index contributed by atoms with van der Waals surface area (Å²) in [5, 5.41) is 1.75. The van der Waals surface area contributed by atoms with Crippen LogP contribution in [-0.4, -0.2) is 11.0 Å². The largest absolute Gasteiger partial charge is 0.423 e. The Morgan fingerprint density at radius 1 is 0.931 bits per heavy atom. The molecule has 3 aromatic carbocycles. The summed E-state index contributed by atoms with van der Waals surface area (Å²) < 4.78 is 5.61. The average molecular weight is 422 g/mol. The third kappa shape index (κ3) is 3.98. The Kier molecular flexibility index (Phi) is 5.27. The Morgan fingerprint density at radius 3 is 2.41 bits per heavy atom. The molecular formula is C24H17Cl2NO2. The molecule has 0 atom stereocenters. The highest BCUT2D eigenvalue weighted by Crippen LogP contribution is 2.33. The summed E-state index contributed by atoms with van der Waals surface area (Å²) in [5.41, 5.74) is 4.48. The lowest BCUT2D eigenvalue weighted by Crippen LogP contribution is -2.10. The first-order valence-electron chi connectivity index (χ1n) is 9.07. The molecule has 4 rings (SSSR count). The maximum atomic E-state index is 13.1. The molecule has 4 aromatic rings. The molecule has 3 nitrogen and oxygen atoms in total. The van der Waals surface area contributed by atoms with Crippen molar-refractivity contribution in [2.75, 3.05) is 0 Å². The highest BCUT2D eigenvalue weighted by atomic mass is 35.5. The van der Waals surface area contributed by atoms with E-state index in [9.17, 15) is 4.79 Å². The van der Waals surface area contributed by atoms with Crippen molar-refractivity contribution in [3.63, 3.8) is 0 Å². The summed E-state index contributed by atoms with van der Waals surface area (Å²) in [6, 6.07) is 19.9. The predicted octanol–water partition coefficient (Wildman–Crippen LogP) is 7.04. The van der Waals surface area contributed by atoms with E-state index in [4.69, 9.17) is 32.9 Å². The van der Waals surface area contributed by atoms with E-state index >= 15 is 0 Å². The molecule has 0 N–H and O–H groups in total. The number of hydrogen-bond acceptors (Lipinski definition) is 3. The number of halogens is 2. The van der Waals surface area contributed by atoms with E-state index in [0.29, 0.717) is 32.6 Å². The van der Waals surface area contributed by atoms with E-state index in [1.807, 2.05) is 44.2 Å². The van der Waals surface area contributed by atoms with Gasteiger partial charge in [-0.2, -0.15) is 0 Å². The molecule has 0 spiro atoms. The molecule has 144 valence electrons. The second kappa shape index (κ2) is 7.86. The van der Waals surface area contributed by atoms with Crippen LogP contribution in [0.2, 0.25) is 10.0 Å². The summed E-state index contributed by atoms with van der Waals surface area (Å²) in [6.07, 6.45) is 0. The zero-order valence-electron chi connectivity index (χ0n) is 15.9. The van der Waals surface area contributed by atoms with Crippen LogP contribution in [0.5, 0.6) is 5.75 Å². The van der Waals surface area contributed by atoms with Gasteiger partial charge in [0.15, 0.2) is 0 Å². The van der Waals surface area contributed by atoms with Crippen LogP contribution in [0.15, 0.2) is 66.7 Å². The summed E-state index contributed by atoms with van der Waals surface area (Å²) in [4.78, 5) is 17.9. The molecule has 0 aliphatic heterocycles. The van der Waals surface area contributed by atoms with Crippen LogP contribution in [0.4, 0.5) is 0 Å². The fourth-order valence-electron chi connectivity index (χ4n) is 3.34. The molecule has 0 aliphatic rings. The average Bonchev–Trinajstić information content (AvgIpc) is 2.68. The Morgan fingerprint density at radius 2 is 1.69 bits per heavy atom. The van der Waals surface area contributed by atoms with Gasteiger partial charge in [-0.1, -0.05) is 53.0 Å². The van der Waals surface area contributed by atoms with E-state index in [2.05, 4.69) is 0 Å². The summed E-state index contributed by atoms with van der Waals surface area (Å²) in [5.74, 6) is 0.0397. The molecule has 0 radical (unpaired) electrons. The van der Waals surface area contributed by atoms with E-state index < -0.39 is 5.97 Å². The van der Waals surface area contributed by atoms with Crippen molar-refractivity contribution >= 4 is 40.1 Å². The lowest BCUT2D eigenvalue weighted by Gasteiger charge is -2.13. The maximum absolute atomic E-state index is 13.1. The van der Waals surface area contributed by atoms with E-state index in [1.54, 1.807) is 36.4 Å². The minimum atomic E-state index is -0.445. The molecule has 1 aromatic heterocycles. The summed E-state index contributed by atoms with van der Waals surface area (Å²) in [6.45, 7) is 3.96. The number of pyridine rings is 1. The van der Waals surface area contributed by atoms with Gasteiger partial charge in [0.1, 0.15) is 5.75 Å². The molecule has 1 heterocycles. The standard InChI is InChI=1S/C24H17Cl2NO2/c1-14-10-15(2)23-19(11-14)20(24(28)29-17-6-4-3-5-7-17)13-22(27-23)18-9-8-16(25)12-21(18)26/h3-13H,1-2H3. The fraction of sp³-hybridized carbons (Fsp3) is 0.0833. The zero-order chi connectivity index (χ0) is 20.5. The molecule has 0 aliphatic carbocycles. The highest BCUT2D eigenvalue weighted by Gasteiger charge is 2.18. The van der Waals surface area contributed by atoms with Gasteiger partial charge in [0.05, 0.1) is 21.8 Å². The number of para-hydroxylation sites is 1. The molecule has 0 saturated heterocycles. The molecule has 5 heteroatoms. The first kappa shape index (κ1) is 19.4. The van der Waals surface area contributed by atoms with Crippen LogP contribution in [0, 0.1) is 13.8 Å². The van der Waals surface area contributed by atoms with Gasteiger partial charge in [-0.05, 0) is 61.9 Å². The van der Waals surface area contributed by atoms with E-state index in [0.717, 1.165) is 22.0 Å². The van der Waals surface area contributed by atoms with Gasteiger partial charge in [-0.25, -0.2) is 9.78 Å². The number of fused-ring (bicyclic) bond motifs is 1. The second-order valence-electron chi connectivity index (χ2n) is 6.86. The van der Waals surface area contributed by atoms with Crippen LogP contribution in [-0.2, 0) is 0 Å². The van der Waals surface area contributed by atoms with Gasteiger partial charge in [0, 0.05) is 16.0 Å². The van der Waals surface area contributed by atoms with Crippen molar-refractivity contribution in [2.24, 2.45) is 0 Å². The summed E-state index contributed by atoms with van der Waals surface area (Å²) >= 11 is 12.4. The number of aromatic nitrogens is 1. The SMILES string of the molecule is Cc1cc(C)c2nc(-c3ccc(Cl)cc3Cl)cc(C(=O)Oc3ccccc3)c2c1. The number of carbonyl (C=O) groups is 1. The quantitative estimate of drug-likeness (QED) is 0.262. The van der Waals surface area contributed by atoms with Crippen LogP contribution in [0.1, 0.15) is 21.5 Å². The number of carbonyl (C=O) groups excluding carboxylic acids is 1. The lowest BCUT2D eigenvalue weighted by atomic mass is 10.00. The van der Waals surface area contributed by atoms with Gasteiger partial charge in [-0.15, -0.1) is 0 Å². The third-order valence-corrected chi connectivity index (χ3v) is 5.18. The van der Waals surface area contributed by atoms with E-state index in [1.165, 1.54) is 0 Å². The monoisotopic (exact) mass is 421 g/mol. The Bertz CT molecular complexity index is 1240. The van der Waals surface area contributed by atoms with Gasteiger partial charge in [0.25, 0.3) is 0 Å². The molecule has 0 saturated carbocycles. The normalized spacial score (nSPS) is 10.9. The van der Waals surface area contributed by atoms with Crippen LogP contribution in [0.3, 0.4) is 0 Å². The Hall–Kier alpha value is -2.88. The van der Waals surface area contributed by atoms with Crippen molar-refractivity contribution in [1.82, 2.24) is 4.98 Å². The maximum Gasteiger partial charge on any atom is 0.344 e. The lowest BCUT2D eigenvalue weighted by molar-refractivity contribution is 0.0737. The first-order chi connectivity index (χ1) is 13.9. The predicted molar refractivity (Wildman–Crippen MR) is 118 cm³/mol. The Balaban J connectivity index is 1.92. The molecular weight excluding hydrogens is 405 g/mol. The minimum absolute atomic E-state index is 0.437. The van der Waals surface area contributed by atoms with Crippen molar-refractivity contribution < 1.29 is 9.53 Å². The number of esters is 1. The number of aryl methyl sites for hydroxylation is 2. The van der Waals surface area contributed by atoms with Crippen LogP contribution in [0.25, 0.3) is 22.2 Å². The van der Waals surface area contributed by atoms with Crippen LogP contribution < -0.4 is 4.74 Å². The molecule has 0 fully saturated rings. The Labute approximate surface area is 178 Å². The molecule has 0 amide bonds. The number of benzene rings is 3. The smallest absolute Gasteiger partial charge is 0.344 e. The molecule has 0 unspecified atom stereocenters. The minimum Gasteiger partial charge on any atom is -0.423 e. The second-order valence-corrected chi connectivity index (χ2v) is 7.70. The number of nitrogens with zero attached hydrogens (tertiary/aromatic N) is 1. The highest BCUT2D eigenvalue weighted by molar-refractivity contribution is 6.36.